The summed E-state index contributed by atoms with van der Waals surface area (Å²) in [5.74, 6) is 0.466. The van der Waals surface area contributed by atoms with E-state index in [1.165, 1.54) is 29.9 Å². The zero-order valence-corrected chi connectivity index (χ0v) is 17.3. The van der Waals surface area contributed by atoms with Gasteiger partial charge in [0.1, 0.15) is 16.9 Å². The SMILES string of the molecule is COc1nccc(-c2cc(=O)n(C)c(N3CCO[C@@H](c4ccc(F)cc4)C3)n2)c1Cl. The van der Waals surface area contributed by atoms with Crippen LogP contribution in [0.1, 0.15) is 11.7 Å². The lowest BCUT2D eigenvalue weighted by molar-refractivity contribution is 0.0389. The molecule has 7 nitrogen and oxygen atoms in total. The summed E-state index contributed by atoms with van der Waals surface area (Å²) >= 11 is 6.39. The van der Waals surface area contributed by atoms with Crippen LogP contribution in [0, 0.1) is 5.82 Å². The predicted molar refractivity (Wildman–Crippen MR) is 112 cm³/mol. The molecule has 3 heterocycles. The summed E-state index contributed by atoms with van der Waals surface area (Å²) in [4.78, 5) is 23.4. The lowest BCUT2D eigenvalue weighted by Crippen LogP contribution is -2.41. The van der Waals surface area contributed by atoms with Gasteiger partial charge in [0.25, 0.3) is 5.56 Å². The summed E-state index contributed by atoms with van der Waals surface area (Å²) in [7, 11) is 3.15. The van der Waals surface area contributed by atoms with Crippen molar-refractivity contribution in [1.29, 1.82) is 0 Å². The molecule has 0 unspecified atom stereocenters. The van der Waals surface area contributed by atoms with Crippen molar-refractivity contribution in [2.45, 2.75) is 6.10 Å². The molecular weight excluding hydrogens is 411 g/mol. The Morgan fingerprint density at radius 3 is 2.77 bits per heavy atom. The molecule has 9 heteroatoms. The summed E-state index contributed by atoms with van der Waals surface area (Å²) in [6.45, 7) is 1.49. The van der Waals surface area contributed by atoms with Crippen LogP contribution in [-0.2, 0) is 11.8 Å². The molecule has 1 atom stereocenters. The number of methoxy groups -OCH3 is 1. The van der Waals surface area contributed by atoms with Crippen molar-refractivity contribution in [3.05, 3.63) is 69.4 Å². The van der Waals surface area contributed by atoms with Crippen LogP contribution in [0.15, 0.2) is 47.4 Å². The number of morpholine rings is 1. The Kier molecular flexibility index (Phi) is 5.69. The Morgan fingerprint density at radius 2 is 2.03 bits per heavy atom. The van der Waals surface area contributed by atoms with Gasteiger partial charge >= 0.3 is 0 Å². The topological polar surface area (TPSA) is 69.5 Å². The second kappa shape index (κ2) is 8.41. The van der Waals surface area contributed by atoms with Crippen molar-refractivity contribution in [2.24, 2.45) is 7.05 Å². The zero-order valence-electron chi connectivity index (χ0n) is 16.5. The third-order valence-electron chi connectivity index (χ3n) is 5.03. The molecule has 3 aromatic rings. The highest BCUT2D eigenvalue weighted by molar-refractivity contribution is 6.34. The van der Waals surface area contributed by atoms with Crippen LogP contribution in [0.5, 0.6) is 5.88 Å². The molecule has 30 heavy (non-hydrogen) atoms. The van der Waals surface area contributed by atoms with E-state index in [1.807, 2.05) is 4.90 Å². The van der Waals surface area contributed by atoms with E-state index in [2.05, 4.69) is 4.98 Å². The van der Waals surface area contributed by atoms with E-state index in [0.717, 1.165) is 5.56 Å². The number of hydrogen-bond donors (Lipinski definition) is 0. The molecule has 1 aliphatic rings. The molecule has 156 valence electrons. The minimum atomic E-state index is -0.298. The van der Waals surface area contributed by atoms with Crippen LogP contribution >= 0.6 is 11.6 Å². The Hall–Kier alpha value is -2.97. The second-order valence-corrected chi connectivity index (χ2v) is 7.26. The van der Waals surface area contributed by atoms with E-state index in [-0.39, 0.29) is 28.4 Å². The van der Waals surface area contributed by atoms with Gasteiger partial charge < -0.3 is 14.4 Å². The van der Waals surface area contributed by atoms with Crippen molar-refractivity contribution in [3.63, 3.8) is 0 Å². The Labute approximate surface area is 177 Å². The van der Waals surface area contributed by atoms with Crippen LogP contribution in [0.25, 0.3) is 11.3 Å². The summed E-state index contributed by atoms with van der Waals surface area (Å²) in [5, 5.41) is 0.290. The maximum absolute atomic E-state index is 13.3. The third kappa shape index (κ3) is 3.88. The Balaban J connectivity index is 1.70. The highest BCUT2D eigenvalue weighted by Gasteiger charge is 2.25. The number of rotatable bonds is 4. The molecule has 0 radical (unpaired) electrons. The van der Waals surface area contributed by atoms with Crippen molar-refractivity contribution < 1.29 is 13.9 Å². The quantitative estimate of drug-likeness (QED) is 0.633. The van der Waals surface area contributed by atoms with Gasteiger partial charge in [0.2, 0.25) is 11.8 Å². The summed E-state index contributed by atoms with van der Waals surface area (Å²) in [6, 6.07) is 9.35. The fourth-order valence-electron chi connectivity index (χ4n) is 3.42. The van der Waals surface area contributed by atoms with Gasteiger partial charge in [-0.15, -0.1) is 0 Å². The lowest BCUT2D eigenvalue weighted by atomic mass is 10.1. The molecule has 1 aromatic carbocycles. The molecule has 0 amide bonds. The molecule has 0 bridgehead atoms. The van der Waals surface area contributed by atoms with Crippen molar-refractivity contribution in [3.8, 4) is 17.1 Å². The normalized spacial score (nSPS) is 16.5. The van der Waals surface area contributed by atoms with E-state index in [0.29, 0.717) is 36.9 Å². The molecule has 0 N–H and O–H groups in total. The van der Waals surface area contributed by atoms with Crippen molar-refractivity contribution in [2.75, 3.05) is 31.7 Å². The molecule has 1 fully saturated rings. The number of pyridine rings is 1. The average Bonchev–Trinajstić information content (AvgIpc) is 2.76. The van der Waals surface area contributed by atoms with Crippen LogP contribution in [-0.4, -0.2) is 41.3 Å². The summed E-state index contributed by atoms with van der Waals surface area (Å²) in [5.41, 5.74) is 1.64. The largest absolute Gasteiger partial charge is 0.480 e. The van der Waals surface area contributed by atoms with E-state index in [9.17, 15) is 9.18 Å². The molecule has 2 aromatic heterocycles. The van der Waals surface area contributed by atoms with Gasteiger partial charge in [-0.3, -0.25) is 9.36 Å². The van der Waals surface area contributed by atoms with E-state index in [4.69, 9.17) is 26.1 Å². The molecule has 1 aliphatic heterocycles. The molecule has 0 aliphatic carbocycles. The number of hydrogen-bond acceptors (Lipinski definition) is 6. The number of aromatic nitrogens is 3. The number of nitrogens with zero attached hydrogens (tertiary/aromatic N) is 4. The standard InChI is InChI=1S/C21H20ClFN4O3/c1-26-18(28)11-16(15-7-8-24-20(29-2)19(15)22)25-21(26)27-9-10-30-17(12-27)13-3-5-14(23)6-4-13/h3-8,11,17H,9-10,12H2,1-2H3/t17-/m1/s1. The van der Waals surface area contributed by atoms with Gasteiger partial charge in [-0.25, -0.2) is 14.4 Å². The first-order valence-corrected chi connectivity index (χ1v) is 9.74. The lowest BCUT2D eigenvalue weighted by Gasteiger charge is -2.34. The molecule has 4 rings (SSSR count). The van der Waals surface area contributed by atoms with Gasteiger partial charge in [0, 0.05) is 31.4 Å². The summed E-state index contributed by atoms with van der Waals surface area (Å²) in [6.07, 6.45) is 1.29. The first-order valence-electron chi connectivity index (χ1n) is 9.37. The van der Waals surface area contributed by atoms with E-state index < -0.39 is 0 Å². The first kappa shape index (κ1) is 20.3. The molecule has 0 spiro atoms. The smallest absolute Gasteiger partial charge is 0.255 e. The van der Waals surface area contributed by atoms with Crippen LogP contribution in [0.4, 0.5) is 10.3 Å². The number of anilines is 1. The second-order valence-electron chi connectivity index (χ2n) is 6.88. The van der Waals surface area contributed by atoms with Crippen LogP contribution in [0.3, 0.4) is 0 Å². The van der Waals surface area contributed by atoms with Crippen LogP contribution in [0.2, 0.25) is 5.02 Å². The highest BCUT2D eigenvalue weighted by atomic mass is 35.5. The van der Waals surface area contributed by atoms with E-state index >= 15 is 0 Å². The Bertz CT molecular complexity index is 1120. The predicted octanol–water partition coefficient (Wildman–Crippen LogP) is 3.22. The van der Waals surface area contributed by atoms with Gasteiger partial charge in [-0.05, 0) is 23.8 Å². The molecular formula is C21H20ClFN4O3. The monoisotopic (exact) mass is 430 g/mol. The minimum Gasteiger partial charge on any atom is -0.480 e. The fraction of sp³-hybridized carbons (Fsp3) is 0.286. The number of halogens is 2. The van der Waals surface area contributed by atoms with E-state index in [1.54, 1.807) is 31.4 Å². The third-order valence-corrected chi connectivity index (χ3v) is 5.39. The Morgan fingerprint density at radius 1 is 1.27 bits per heavy atom. The maximum atomic E-state index is 13.3. The van der Waals surface area contributed by atoms with Gasteiger partial charge in [0.15, 0.2) is 0 Å². The van der Waals surface area contributed by atoms with Gasteiger partial charge in [0.05, 0.1) is 26.0 Å². The van der Waals surface area contributed by atoms with Gasteiger partial charge in [-0.1, -0.05) is 23.7 Å². The maximum Gasteiger partial charge on any atom is 0.255 e. The minimum absolute atomic E-state index is 0.216. The highest BCUT2D eigenvalue weighted by Crippen LogP contribution is 2.33. The van der Waals surface area contributed by atoms with Crippen LogP contribution < -0.4 is 15.2 Å². The zero-order chi connectivity index (χ0) is 21.3. The molecule has 1 saturated heterocycles. The molecule has 0 saturated carbocycles. The average molecular weight is 431 g/mol. The fourth-order valence-corrected chi connectivity index (χ4v) is 3.71. The van der Waals surface area contributed by atoms with Crippen molar-refractivity contribution in [1.82, 2.24) is 14.5 Å². The van der Waals surface area contributed by atoms with Crippen molar-refractivity contribution >= 4 is 17.5 Å². The number of benzene rings is 1. The first-order chi connectivity index (χ1) is 14.5. The van der Waals surface area contributed by atoms with Gasteiger partial charge in [-0.2, -0.15) is 0 Å². The summed E-state index contributed by atoms with van der Waals surface area (Å²) < 4.78 is 25.8. The number of ether oxygens (including phenoxy) is 2.